The molecule has 1 heterocycles. The first-order valence-corrected chi connectivity index (χ1v) is 5.53. The summed E-state index contributed by atoms with van der Waals surface area (Å²) in [6.45, 7) is 2.15. The highest BCUT2D eigenvalue weighted by Crippen LogP contribution is 2.30. The SMILES string of the molecule is Cc1cc(C(O)C2=COCCC2)c(F)cc1F. The molecule has 0 amide bonds. The minimum absolute atomic E-state index is 0.0978. The zero-order chi connectivity index (χ0) is 12.4. The van der Waals surface area contributed by atoms with E-state index in [0.29, 0.717) is 24.2 Å². The molecule has 1 unspecified atom stereocenters. The van der Waals surface area contributed by atoms with Crippen LogP contribution in [-0.2, 0) is 4.74 Å². The molecular weight excluding hydrogens is 226 g/mol. The Kier molecular flexibility index (Phi) is 3.43. The molecule has 1 aromatic rings. The van der Waals surface area contributed by atoms with Gasteiger partial charge in [-0.05, 0) is 37.0 Å². The Bertz CT molecular complexity index is 455. The smallest absolute Gasteiger partial charge is 0.132 e. The van der Waals surface area contributed by atoms with Crippen LogP contribution >= 0.6 is 0 Å². The van der Waals surface area contributed by atoms with E-state index in [-0.39, 0.29) is 5.56 Å². The van der Waals surface area contributed by atoms with E-state index in [9.17, 15) is 13.9 Å². The van der Waals surface area contributed by atoms with E-state index in [1.54, 1.807) is 0 Å². The van der Waals surface area contributed by atoms with Crippen molar-refractivity contribution in [3.05, 3.63) is 46.7 Å². The van der Waals surface area contributed by atoms with Crippen molar-refractivity contribution in [2.75, 3.05) is 6.61 Å². The lowest BCUT2D eigenvalue weighted by molar-refractivity contribution is 0.167. The van der Waals surface area contributed by atoms with Gasteiger partial charge in [-0.2, -0.15) is 0 Å². The highest BCUT2D eigenvalue weighted by atomic mass is 19.1. The van der Waals surface area contributed by atoms with Crippen LogP contribution in [0.1, 0.15) is 30.1 Å². The molecule has 0 aliphatic carbocycles. The Balaban J connectivity index is 2.33. The van der Waals surface area contributed by atoms with Crippen LogP contribution in [0.3, 0.4) is 0 Å². The Labute approximate surface area is 98.5 Å². The van der Waals surface area contributed by atoms with Gasteiger partial charge in [0.05, 0.1) is 12.9 Å². The number of benzene rings is 1. The maximum absolute atomic E-state index is 13.6. The van der Waals surface area contributed by atoms with E-state index < -0.39 is 17.7 Å². The van der Waals surface area contributed by atoms with Gasteiger partial charge in [0, 0.05) is 11.6 Å². The largest absolute Gasteiger partial charge is 0.501 e. The number of rotatable bonds is 2. The van der Waals surface area contributed by atoms with Crippen molar-refractivity contribution >= 4 is 0 Å². The summed E-state index contributed by atoms with van der Waals surface area (Å²) in [6.07, 6.45) is 1.86. The fourth-order valence-electron chi connectivity index (χ4n) is 1.87. The van der Waals surface area contributed by atoms with Gasteiger partial charge in [-0.25, -0.2) is 8.78 Å². The summed E-state index contributed by atoms with van der Waals surface area (Å²) >= 11 is 0. The third-order valence-corrected chi connectivity index (χ3v) is 2.89. The van der Waals surface area contributed by atoms with Gasteiger partial charge in [-0.3, -0.25) is 0 Å². The van der Waals surface area contributed by atoms with Gasteiger partial charge in [0.2, 0.25) is 0 Å². The zero-order valence-electron chi connectivity index (χ0n) is 9.54. The maximum atomic E-state index is 13.6. The number of hydrogen-bond acceptors (Lipinski definition) is 2. The van der Waals surface area contributed by atoms with Crippen LogP contribution in [0.4, 0.5) is 8.78 Å². The van der Waals surface area contributed by atoms with Crippen LogP contribution in [0, 0.1) is 18.6 Å². The summed E-state index contributed by atoms with van der Waals surface area (Å²) in [6, 6.07) is 2.14. The van der Waals surface area contributed by atoms with Gasteiger partial charge in [0.25, 0.3) is 0 Å². The van der Waals surface area contributed by atoms with Crippen molar-refractivity contribution in [1.29, 1.82) is 0 Å². The lowest BCUT2D eigenvalue weighted by atomic mass is 9.96. The summed E-state index contributed by atoms with van der Waals surface area (Å²) in [5.41, 5.74) is 1.04. The number of aliphatic hydroxyl groups is 1. The van der Waals surface area contributed by atoms with Gasteiger partial charge in [-0.15, -0.1) is 0 Å². The van der Waals surface area contributed by atoms with E-state index in [1.807, 2.05) is 0 Å². The molecule has 2 nitrogen and oxygen atoms in total. The van der Waals surface area contributed by atoms with Crippen LogP contribution in [0.15, 0.2) is 24.0 Å². The lowest BCUT2D eigenvalue weighted by Gasteiger charge is -2.20. The van der Waals surface area contributed by atoms with Crippen molar-refractivity contribution in [2.45, 2.75) is 25.9 Å². The molecule has 1 atom stereocenters. The molecule has 92 valence electrons. The molecule has 1 aromatic carbocycles. The van der Waals surface area contributed by atoms with E-state index in [1.165, 1.54) is 19.3 Å². The molecule has 0 saturated heterocycles. The van der Waals surface area contributed by atoms with Crippen molar-refractivity contribution in [2.24, 2.45) is 0 Å². The predicted molar refractivity (Wildman–Crippen MR) is 59.3 cm³/mol. The maximum Gasteiger partial charge on any atom is 0.132 e. The highest BCUT2D eigenvalue weighted by Gasteiger charge is 2.20. The summed E-state index contributed by atoms with van der Waals surface area (Å²) in [5.74, 6) is -1.33. The normalized spacial score (nSPS) is 17.3. The molecule has 0 radical (unpaired) electrons. The average Bonchev–Trinajstić information content (AvgIpc) is 2.34. The molecule has 17 heavy (non-hydrogen) atoms. The average molecular weight is 240 g/mol. The minimum atomic E-state index is -1.06. The van der Waals surface area contributed by atoms with Crippen molar-refractivity contribution < 1.29 is 18.6 Å². The Morgan fingerprint density at radius 1 is 1.29 bits per heavy atom. The van der Waals surface area contributed by atoms with Gasteiger partial charge in [-0.1, -0.05) is 0 Å². The fraction of sp³-hybridized carbons (Fsp3) is 0.385. The third kappa shape index (κ3) is 2.47. The Hall–Kier alpha value is -1.42. The second kappa shape index (κ2) is 4.84. The summed E-state index contributed by atoms with van der Waals surface area (Å²) < 4.78 is 31.8. The number of halogens is 2. The number of hydrogen-bond donors (Lipinski definition) is 1. The quantitative estimate of drug-likeness (QED) is 0.861. The predicted octanol–water partition coefficient (Wildman–Crippen LogP) is 3.00. The van der Waals surface area contributed by atoms with Crippen LogP contribution in [0.25, 0.3) is 0 Å². The molecule has 2 rings (SSSR count). The van der Waals surface area contributed by atoms with Gasteiger partial charge < -0.3 is 9.84 Å². The molecule has 0 aromatic heterocycles. The van der Waals surface area contributed by atoms with E-state index in [2.05, 4.69) is 0 Å². The Morgan fingerprint density at radius 3 is 2.71 bits per heavy atom. The Morgan fingerprint density at radius 2 is 2.06 bits per heavy atom. The van der Waals surface area contributed by atoms with E-state index in [0.717, 1.165) is 12.5 Å². The number of aryl methyl sites for hydroxylation is 1. The zero-order valence-corrected chi connectivity index (χ0v) is 9.54. The first kappa shape index (κ1) is 12.0. The van der Waals surface area contributed by atoms with Gasteiger partial charge in [0.1, 0.15) is 17.7 Å². The van der Waals surface area contributed by atoms with Crippen LogP contribution < -0.4 is 0 Å². The molecule has 1 aliphatic rings. The first-order chi connectivity index (χ1) is 8.09. The van der Waals surface area contributed by atoms with E-state index in [4.69, 9.17) is 4.74 Å². The van der Waals surface area contributed by atoms with E-state index >= 15 is 0 Å². The molecule has 1 N–H and O–H groups in total. The van der Waals surface area contributed by atoms with Crippen molar-refractivity contribution in [3.63, 3.8) is 0 Å². The van der Waals surface area contributed by atoms with Gasteiger partial charge >= 0.3 is 0 Å². The monoisotopic (exact) mass is 240 g/mol. The van der Waals surface area contributed by atoms with Crippen molar-refractivity contribution in [1.82, 2.24) is 0 Å². The number of aliphatic hydroxyl groups excluding tert-OH is 1. The standard InChI is InChI=1S/C13H14F2O2/c1-8-5-10(12(15)6-11(8)14)13(16)9-3-2-4-17-7-9/h5-7,13,16H,2-4H2,1H3. The summed E-state index contributed by atoms with van der Waals surface area (Å²) in [5, 5.41) is 10.0. The second-order valence-corrected chi connectivity index (χ2v) is 4.19. The van der Waals surface area contributed by atoms with Gasteiger partial charge in [0.15, 0.2) is 0 Å². The van der Waals surface area contributed by atoms with Crippen LogP contribution in [-0.4, -0.2) is 11.7 Å². The highest BCUT2D eigenvalue weighted by molar-refractivity contribution is 5.32. The molecule has 0 spiro atoms. The molecule has 0 bridgehead atoms. The van der Waals surface area contributed by atoms with Crippen LogP contribution in [0.5, 0.6) is 0 Å². The van der Waals surface area contributed by atoms with Crippen LogP contribution in [0.2, 0.25) is 0 Å². The molecule has 0 fully saturated rings. The minimum Gasteiger partial charge on any atom is -0.501 e. The topological polar surface area (TPSA) is 29.5 Å². The third-order valence-electron chi connectivity index (χ3n) is 2.89. The lowest BCUT2D eigenvalue weighted by Crippen LogP contribution is -2.10. The van der Waals surface area contributed by atoms with Crippen molar-refractivity contribution in [3.8, 4) is 0 Å². The molecule has 4 heteroatoms. The number of ether oxygens (including phenoxy) is 1. The molecular formula is C13H14F2O2. The second-order valence-electron chi connectivity index (χ2n) is 4.19. The first-order valence-electron chi connectivity index (χ1n) is 5.53. The molecule has 1 aliphatic heterocycles. The summed E-state index contributed by atoms with van der Waals surface area (Å²) in [7, 11) is 0. The summed E-state index contributed by atoms with van der Waals surface area (Å²) in [4.78, 5) is 0. The molecule has 0 saturated carbocycles. The fourth-order valence-corrected chi connectivity index (χ4v) is 1.87.